The van der Waals surface area contributed by atoms with Crippen LogP contribution in [0.4, 0.5) is 0 Å². The van der Waals surface area contributed by atoms with Gasteiger partial charge in [-0.1, -0.05) is 17.7 Å². The van der Waals surface area contributed by atoms with Crippen LogP contribution in [0, 0.1) is 13.8 Å². The third kappa shape index (κ3) is 1.05. The highest BCUT2D eigenvalue weighted by Gasteiger charge is 2.05. The van der Waals surface area contributed by atoms with Crippen LogP contribution < -0.4 is 0 Å². The van der Waals surface area contributed by atoms with Crippen molar-refractivity contribution >= 4 is 33.0 Å². The summed E-state index contributed by atoms with van der Waals surface area (Å²) in [4.78, 5) is 0. The van der Waals surface area contributed by atoms with Crippen LogP contribution in [-0.4, -0.2) is 0 Å². The molecule has 62 valence electrons. The smallest absolute Gasteiger partial charge is 0.0524 e. The van der Waals surface area contributed by atoms with Gasteiger partial charge in [-0.05, 0) is 36.4 Å². The first-order valence-corrected chi connectivity index (χ1v) is 5.09. The summed E-state index contributed by atoms with van der Waals surface area (Å²) in [5.41, 5.74) is 2.44. The average molecular weight is 197 g/mol. The first-order chi connectivity index (χ1) is 5.70. The topological polar surface area (TPSA) is 0 Å². The molecule has 0 saturated heterocycles. The molecule has 0 saturated carbocycles. The Hall–Kier alpha value is -0.530. The number of hydrogen-bond acceptors (Lipinski definition) is 1. The first-order valence-electron chi connectivity index (χ1n) is 3.83. The molecule has 1 aromatic carbocycles. The predicted octanol–water partition coefficient (Wildman–Crippen LogP) is 4.17. The lowest BCUT2D eigenvalue weighted by Gasteiger charge is -1.99. The van der Waals surface area contributed by atoms with Gasteiger partial charge in [-0.15, -0.1) is 11.3 Å². The zero-order valence-electron chi connectivity index (χ0n) is 7.02. The summed E-state index contributed by atoms with van der Waals surface area (Å²) in [5.74, 6) is 0. The molecule has 0 N–H and O–H groups in total. The Balaban J connectivity index is 2.96. The van der Waals surface area contributed by atoms with Crippen LogP contribution in [-0.2, 0) is 0 Å². The van der Waals surface area contributed by atoms with E-state index in [1.54, 1.807) is 11.3 Å². The molecule has 2 aromatic rings. The highest BCUT2D eigenvalue weighted by atomic mass is 35.5. The van der Waals surface area contributed by atoms with Gasteiger partial charge in [0.25, 0.3) is 0 Å². The van der Waals surface area contributed by atoms with Crippen molar-refractivity contribution in [3.8, 4) is 0 Å². The van der Waals surface area contributed by atoms with Gasteiger partial charge in [-0.3, -0.25) is 0 Å². The first kappa shape index (κ1) is 8.09. The molecule has 2 heteroatoms. The van der Waals surface area contributed by atoms with Gasteiger partial charge in [0.05, 0.1) is 5.02 Å². The molecular weight excluding hydrogens is 188 g/mol. The number of rotatable bonds is 0. The van der Waals surface area contributed by atoms with Crippen LogP contribution in [0.5, 0.6) is 0 Å². The van der Waals surface area contributed by atoms with E-state index in [2.05, 4.69) is 24.4 Å². The van der Waals surface area contributed by atoms with Crippen molar-refractivity contribution in [2.24, 2.45) is 0 Å². The number of halogens is 1. The van der Waals surface area contributed by atoms with Crippen LogP contribution in [0.15, 0.2) is 17.5 Å². The van der Waals surface area contributed by atoms with Crippen molar-refractivity contribution in [3.05, 3.63) is 33.7 Å². The molecule has 12 heavy (non-hydrogen) atoms. The Morgan fingerprint density at radius 1 is 1.17 bits per heavy atom. The molecule has 0 spiro atoms. The Morgan fingerprint density at radius 2 is 1.92 bits per heavy atom. The largest absolute Gasteiger partial charge is 0.143 e. The minimum Gasteiger partial charge on any atom is -0.143 e. The summed E-state index contributed by atoms with van der Waals surface area (Å²) in [7, 11) is 0. The minimum absolute atomic E-state index is 0.909. The molecule has 0 atom stereocenters. The maximum Gasteiger partial charge on any atom is 0.0524 e. The van der Waals surface area contributed by atoms with Crippen LogP contribution in [0.25, 0.3) is 10.1 Å². The van der Waals surface area contributed by atoms with E-state index in [-0.39, 0.29) is 0 Å². The Bertz CT molecular complexity index is 429. The minimum atomic E-state index is 0.909. The Kier molecular flexibility index (Phi) is 1.85. The van der Waals surface area contributed by atoms with Crippen molar-refractivity contribution in [1.82, 2.24) is 0 Å². The summed E-state index contributed by atoms with van der Waals surface area (Å²) < 4.78 is 1.28. The number of fused-ring (bicyclic) bond motifs is 1. The van der Waals surface area contributed by atoms with Gasteiger partial charge < -0.3 is 0 Å². The van der Waals surface area contributed by atoms with Crippen molar-refractivity contribution in [1.29, 1.82) is 0 Å². The normalized spacial score (nSPS) is 10.9. The fraction of sp³-hybridized carbons (Fsp3) is 0.200. The zero-order chi connectivity index (χ0) is 8.72. The molecule has 0 unspecified atom stereocenters. The molecule has 0 aliphatic rings. The van der Waals surface area contributed by atoms with Crippen molar-refractivity contribution < 1.29 is 0 Å². The molecule has 0 aliphatic carbocycles. The van der Waals surface area contributed by atoms with Gasteiger partial charge in [0.2, 0.25) is 0 Å². The van der Waals surface area contributed by atoms with Crippen molar-refractivity contribution in [2.75, 3.05) is 0 Å². The summed E-state index contributed by atoms with van der Waals surface area (Å²) >= 11 is 7.93. The Morgan fingerprint density at radius 3 is 2.67 bits per heavy atom. The maximum atomic E-state index is 6.18. The molecule has 1 aromatic heterocycles. The molecule has 0 fully saturated rings. The predicted molar refractivity (Wildman–Crippen MR) is 56.3 cm³/mol. The molecule has 1 heterocycles. The fourth-order valence-electron chi connectivity index (χ4n) is 1.34. The average Bonchev–Trinajstić information content (AvgIpc) is 2.41. The molecule has 0 bridgehead atoms. The van der Waals surface area contributed by atoms with Gasteiger partial charge in [0.1, 0.15) is 0 Å². The van der Waals surface area contributed by atoms with Crippen LogP contribution >= 0.6 is 22.9 Å². The van der Waals surface area contributed by atoms with E-state index in [1.165, 1.54) is 15.6 Å². The Labute approximate surface area is 80.8 Å². The van der Waals surface area contributed by atoms with Gasteiger partial charge >= 0.3 is 0 Å². The van der Waals surface area contributed by atoms with Gasteiger partial charge in [0.15, 0.2) is 0 Å². The SMILES string of the molecule is Cc1ccc2scc(C)c2c1Cl. The quantitative estimate of drug-likeness (QED) is 0.593. The van der Waals surface area contributed by atoms with Crippen molar-refractivity contribution in [2.45, 2.75) is 13.8 Å². The summed E-state index contributed by atoms with van der Waals surface area (Å²) in [5, 5.41) is 4.28. The van der Waals surface area contributed by atoms with Gasteiger partial charge in [0, 0.05) is 10.1 Å². The lowest BCUT2D eigenvalue weighted by molar-refractivity contribution is 1.49. The maximum absolute atomic E-state index is 6.18. The molecular formula is C10H9ClS. The number of aryl methyl sites for hydroxylation is 2. The second-order valence-electron chi connectivity index (χ2n) is 2.99. The molecule has 0 radical (unpaired) electrons. The van der Waals surface area contributed by atoms with Crippen molar-refractivity contribution in [3.63, 3.8) is 0 Å². The molecule has 0 aliphatic heterocycles. The lowest BCUT2D eigenvalue weighted by Crippen LogP contribution is -1.76. The summed E-state index contributed by atoms with van der Waals surface area (Å²) in [6, 6.07) is 4.20. The monoisotopic (exact) mass is 196 g/mol. The third-order valence-electron chi connectivity index (χ3n) is 2.05. The number of thiophene rings is 1. The second kappa shape index (κ2) is 2.75. The van der Waals surface area contributed by atoms with E-state index in [0.717, 1.165) is 10.6 Å². The van der Waals surface area contributed by atoms with E-state index in [1.807, 2.05) is 6.92 Å². The summed E-state index contributed by atoms with van der Waals surface area (Å²) in [6.45, 7) is 4.14. The lowest BCUT2D eigenvalue weighted by atomic mass is 10.1. The second-order valence-corrected chi connectivity index (χ2v) is 4.28. The van der Waals surface area contributed by atoms with Gasteiger partial charge in [-0.25, -0.2) is 0 Å². The number of benzene rings is 1. The van der Waals surface area contributed by atoms with E-state index in [9.17, 15) is 0 Å². The standard InChI is InChI=1S/C10H9ClS/c1-6-3-4-8-9(10(6)11)7(2)5-12-8/h3-5H,1-2H3. The van der Waals surface area contributed by atoms with Gasteiger partial charge in [-0.2, -0.15) is 0 Å². The highest BCUT2D eigenvalue weighted by Crippen LogP contribution is 2.33. The van der Waals surface area contributed by atoms with E-state index in [0.29, 0.717) is 0 Å². The van der Waals surface area contributed by atoms with Crippen LogP contribution in [0.2, 0.25) is 5.02 Å². The number of hydrogen-bond donors (Lipinski definition) is 0. The molecule has 0 nitrogen and oxygen atoms in total. The summed E-state index contributed by atoms with van der Waals surface area (Å²) in [6.07, 6.45) is 0. The van der Waals surface area contributed by atoms with Crippen LogP contribution in [0.1, 0.15) is 11.1 Å². The highest BCUT2D eigenvalue weighted by molar-refractivity contribution is 7.17. The molecule has 2 rings (SSSR count). The third-order valence-corrected chi connectivity index (χ3v) is 3.61. The molecule has 0 amide bonds. The zero-order valence-corrected chi connectivity index (χ0v) is 8.59. The fourth-order valence-corrected chi connectivity index (χ4v) is 2.66. The van der Waals surface area contributed by atoms with E-state index in [4.69, 9.17) is 11.6 Å². The van der Waals surface area contributed by atoms with E-state index >= 15 is 0 Å². The van der Waals surface area contributed by atoms with E-state index < -0.39 is 0 Å². The van der Waals surface area contributed by atoms with Crippen LogP contribution in [0.3, 0.4) is 0 Å².